The maximum absolute atomic E-state index is 16.9. The molecular formula is C53H66F2N5O7PS. The van der Waals surface area contributed by atoms with Crippen molar-refractivity contribution in [2.24, 2.45) is 5.92 Å². The molecule has 16 heteroatoms. The molecule has 1 unspecified atom stereocenters. The van der Waals surface area contributed by atoms with Crippen LogP contribution in [0.25, 0.3) is 10.1 Å². The smallest absolute Gasteiger partial charge is 0.355 e. The molecule has 1 spiro atoms. The van der Waals surface area contributed by atoms with Crippen LogP contribution >= 0.6 is 18.9 Å². The fourth-order valence-electron chi connectivity index (χ4n) is 11.3. The zero-order chi connectivity index (χ0) is 48.6. The molecule has 12 nitrogen and oxygen atoms in total. The Bertz CT molecular complexity index is 2540. The van der Waals surface area contributed by atoms with Crippen LogP contribution in [0.4, 0.5) is 8.78 Å². The fourth-order valence-corrected chi connectivity index (χ4v) is 14.1. The highest BCUT2D eigenvalue weighted by atomic mass is 32.1. The second kappa shape index (κ2) is 20.6. The maximum Gasteiger partial charge on any atom is 0.355 e. The Labute approximate surface area is 408 Å². The van der Waals surface area contributed by atoms with Gasteiger partial charge in [0.05, 0.1) is 11.5 Å². The number of amides is 3. The number of para-hydroxylation sites is 1. The molecule has 0 bridgehead atoms. The van der Waals surface area contributed by atoms with Gasteiger partial charge in [-0.15, -0.1) is 11.3 Å². The van der Waals surface area contributed by atoms with Gasteiger partial charge in [-0.25, -0.2) is 13.9 Å². The maximum atomic E-state index is 16.9. The molecule has 3 saturated heterocycles. The van der Waals surface area contributed by atoms with E-state index in [1.165, 1.54) is 36.0 Å². The number of nitrogens with one attached hydrogen (secondary N) is 2. The van der Waals surface area contributed by atoms with E-state index >= 15 is 4.39 Å². The van der Waals surface area contributed by atoms with Gasteiger partial charge in [0.2, 0.25) is 17.7 Å². The highest BCUT2D eigenvalue weighted by Gasteiger charge is 2.59. The number of likely N-dealkylation sites (tertiary alicyclic amines) is 1. The Morgan fingerprint density at radius 3 is 2.32 bits per heavy atom. The van der Waals surface area contributed by atoms with Gasteiger partial charge in [-0.3, -0.25) is 23.7 Å². The van der Waals surface area contributed by atoms with Gasteiger partial charge < -0.3 is 29.3 Å². The van der Waals surface area contributed by atoms with E-state index in [4.69, 9.17) is 9.26 Å². The summed E-state index contributed by atoms with van der Waals surface area (Å²) in [5.41, 5.74) is 1.05. The minimum atomic E-state index is -4.51. The van der Waals surface area contributed by atoms with E-state index in [0.717, 1.165) is 32.1 Å². The molecule has 5 aliphatic rings. The van der Waals surface area contributed by atoms with E-state index in [0.29, 0.717) is 66.5 Å². The van der Waals surface area contributed by atoms with Crippen LogP contribution in [-0.4, -0.2) is 107 Å². The van der Waals surface area contributed by atoms with Crippen LogP contribution in [0.5, 0.6) is 5.75 Å². The van der Waals surface area contributed by atoms with E-state index in [1.807, 2.05) is 39.1 Å². The van der Waals surface area contributed by atoms with Crippen molar-refractivity contribution in [2.45, 2.75) is 158 Å². The third-order valence-corrected chi connectivity index (χ3v) is 19.1. The van der Waals surface area contributed by atoms with Gasteiger partial charge in [-0.2, -0.15) is 0 Å². The molecule has 370 valence electrons. The summed E-state index contributed by atoms with van der Waals surface area (Å²) < 4.78 is 57.7. The van der Waals surface area contributed by atoms with Crippen LogP contribution < -0.4 is 14.9 Å². The standard InChI is InChI=1S/C53H66F2N5O7PS/c1-5-34(6-2)32-66-52(64)33(3)57-68(65,67-43-15-11-8-12-16-43)48(55)36-17-22-46-37(25-36)26-47(69-46)49(61)56-44-20-18-40(58(4)42-27-39(54)28-42)29-41-19-21-45(60(41)50(44)62)51(63)59-31-38(30-53(59)23-24-53)35-13-9-7-10-14-35/h7-17,22,25-26,33-34,38-42,44-45,48H,5-6,18-21,23-24,27-32H2,1-4H3,(H,56,61)(H,57,65)/t33-,38+,39?,40-,41+,42?,44-,45-,48+,68?/m0/s1. The molecule has 0 radical (unpaired) electrons. The summed E-state index contributed by atoms with van der Waals surface area (Å²) in [5, 5.41) is 6.24. The average Bonchev–Trinajstić information content (AvgIpc) is 3.61. The molecule has 9 rings (SSSR count). The van der Waals surface area contributed by atoms with E-state index in [1.54, 1.807) is 47.4 Å². The number of alkyl halides is 2. The van der Waals surface area contributed by atoms with E-state index in [2.05, 4.69) is 32.3 Å². The summed E-state index contributed by atoms with van der Waals surface area (Å²) in [6.07, 6.45) is 7.39. The number of nitrogens with zero attached hydrogens (tertiary/aromatic N) is 3. The molecule has 8 atom stereocenters. The van der Waals surface area contributed by atoms with Gasteiger partial charge in [0.15, 0.2) is 0 Å². The van der Waals surface area contributed by atoms with Crippen LogP contribution in [0.1, 0.15) is 130 Å². The lowest BCUT2D eigenvalue weighted by Crippen LogP contribution is -2.59. The normalized spacial score (nSPS) is 27.0. The zero-order valence-electron chi connectivity index (χ0n) is 40.1. The molecule has 2 N–H and O–H groups in total. The van der Waals surface area contributed by atoms with Crippen molar-refractivity contribution in [2.75, 3.05) is 20.2 Å². The number of ether oxygens (including phenoxy) is 1. The minimum Gasteiger partial charge on any atom is -0.464 e. The number of esters is 1. The predicted octanol–water partition coefficient (Wildman–Crippen LogP) is 10.1. The molecule has 69 heavy (non-hydrogen) atoms. The molecule has 5 fully saturated rings. The van der Waals surface area contributed by atoms with Crippen molar-refractivity contribution in [1.29, 1.82) is 0 Å². The molecule has 4 heterocycles. The van der Waals surface area contributed by atoms with Crippen molar-refractivity contribution < 1.29 is 41.8 Å². The Morgan fingerprint density at radius 2 is 1.64 bits per heavy atom. The van der Waals surface area contributed by atoms with Gasteiger partial charge in [0.1, 0.15) is 30.0 Å². The Morgan fingerprint density at radius 1 is 0.928 bits per heavy atom. The Balaban J connectivity index is 0.941. The Kier molecular flexibility index (Phi) is 14.7. The van der Waals surface area contributed by atoms with Gasteiger partial charge >= 0.3 is 13.5 Å². The van der Waals surface area contributed by atoms with Crippen molar-refractivity contribution >= 4 is 52.6 Å². The van der Waals surface area contributed by atoms with Crippen LogP contribution in [0.3, 0.4) is 0 Å². The molecular weight excluding hydrogens is 920 g/mol. The number of thiophene rings is 1. The first-order valence-electron chi connectivity index (χ1n) is 25.0. The van der Waals surface area contributed by atoms with Gasteiger partial charge in [0, 0.05) is 40.8 Å². The van der Waals surface area contributed by atoms with Crippen molar-refractivity contribution in [3.63, 3.8) is 0 Å². The SMILES string of the molecule is CCC(CC)COC(=O)[C@H](C)NP(=O)(Oc1ccccc1)[C@@H](F)c1ccc2sc(C(=O)N[C@H]3CC[C@H](N(C)C4CC(F)C4)C[C@H]4CC[C@@H](C(=O)N5C[C@H](c6ccccc6)CC56CC6)N4C3=O)cc2c1. The summed E-state index contributed by atoms with van der Waals surface area (Å²) in [6.45, 7) is 6.28. The number of hydrogen-bond acceptors (Lipinski definition) is 9. The minimum absolute atomic E-state index is 0.0107. The van der Waals surface area contributed by atoms with E-state index in [9.17, 15) is 28.1 Å². The fraction of sp³-hybridized carbons (Fsp3) is 0.547. The Hall–Kier alpha value is -4.69. The summed E-state index contributed by atoms with van der Waals surface area (Å²) >= 11 is 1.19. The third-order valence-electron chi connectivity index (χ3n) is 15.8. The number of halogens is 2. The molecule has 4 aromatic rings. The van der Waals surface area contributed by atoms with Gasteiger partial charge in [-0.05, 0) is 131 Å². The molecule has 3 aromatic carbocycles. The van der Waals surface area contributed by atoms with Gasteiger partial charge in [0.25, 0.3) is 5.91 Å². The first-order chi connectivity index (χ1) is 33.2. The molecule has 3 aliphatic heterocycles. The van der Waals surface area contributed by atoms with Crippen molar-refractivity contribution in [3.05, 3.63) is 101 Å². The predicted molar refractivity (Wildman–Crippen MR) is 264 cm³/mol. The number of fused-ring (bicyclic) bond motifs is 2. The number of carbonyl (C=O) groups is 4. The van der Waals surface area contributed by atoms with Crippen molar-refractivity contribution in [3.8, 4) is 5.75 Å². The highest BCUT2D eigenvalue weighted by molar-refractivity contribution is 7.57. The molecule has 2 saturated carbocycles. The lowest BCUT2D eigenvalue weighted by atomic mass is 9.86. The van der Waals surface area contributed by atoms with E-state index < -0.39 is 49.6 Å². The summed E-state index contributed by atoms with van der Waals surface area (Å²) in [5.74, 6) is -3.10. The summed E-state index contributed by atoms with van der Waals surface area (Å²) in [6, 6.07) is 22.0. The number of carbonyl (C=O) groups excluding carboxylic acids is 4. The number of benzene rings is 3. The van der Waals surface area contributed by atoms with Crippen LogP contribution in [-0.2, 0) is 23.7 Å². The van der Waals surface area contributed by atoms with Crippen LogP contribution in [0, 0.1) is 5.92 Å². The summed E-state index contributed by atoms with van der Waals surface area (Å²) in [4.78, 5) is 63.6. The van der Waals surface area contributed by atoms with Gasteiger partial charge in [-0.1, -0.05) is 81.3 Å². The average molecular weight is 986 g/mol. The second-order valence-electron chi connectivity index (χ2n) is 20.3. The van der Waals surface area contributed by atoms with Crippen LogP contribution in [0.2, 0.25) is 0 Å². The zero-order valence-corrected chi connectivity index (χ0v) is 41.8. The number of hydrogen-bond donors (Lipinski definition) is 2. The summed E-state index contributed by atoms with van der Waals surface area (Å²) in [7, 11) is -2.48. The highest BCUT2D eigenvalue weighted by Crippen LogP contribution is 2.58. The van der Waals surface area contributed by atoms with Crippen molar-refractivity contribution in [1.82, 2.24) is 25.1 Å². The van der Waals surface area contributed by atoms with E-state index in [-0.39, 0.29) is 65.2 Å². The quantitative estimate of drug-likeness (QED) is 0.0783. The monoisotopic (exact) mass is 985 g/mol. The number of rotatable bonds is 17. The first-order valence-corrected chi connectivity index (χ1v) is 27.5. The largest absolute Gasteiger partial charge is 0.464 e. The molecule has 1 aromatic heterocycles. The lowest BCUT2D eigenvalue weighted by molar-refractivity contribution is -0.148. The molecule has 2 aliphatic carbocycles. The first kappa shape index (κ1) is 49.3. The third kappa shape index (κ3) is 10.4. The second-order valence-corrected chi connectivity index (χ2v) is 23.4. The van der Waals surface area contributed by atoms with Crippen LogP contribution in [0.15, 0.2) is 84.9 Å². The lowest BCUT2D eigenvalue weighted by Gasteiger charge is -2.45. The topological polar surface area (TPSA) is 138 Å². The molecule has 3 amide bonds.